The van der Waals surface area contributed by atoms with Crippen LogP contribution >= 0.6 is 15.9 Å². The molecule has 0 aliphatic rings. The molecule has 0 atom stereocenters. The van der Waals surface area contributed by atoms with Crippen LogP contribution in [0.25, 0.3) is 0 Å². The highest BCUT2D eigenvalue weighted by Crippen LogP contribution is 2.28. The van der Waals surface area contributed by atoms with Gasteiger partial charge in [-0.3, -0.25) is 4.79 Å². The summed E-state index contributed by atoms with van der Waals surface area (Å²) < 4.78 is 0.804. The van der Waals surface area contributed by atoms with E-state index in [0.717, 1.165) is 10.0 Å². The minimum Gasteiger partial charge on any atom is -0.399 e. The Labute approximate surface area is 133 Å². The van der Waals surface area contributed by atoms with E-state index in [1.54, 1.807) is 12.1 Å². The highest BCUT2D eigenvalue weighted by molar-refractivity contribution is 9.10. The van der Waals surface area contributed by atoms with E-state index in [1.807, 2.05) is 30.3 Å². The van der Waals surface area contributed by atoms with Gasteiger partial charge in [-0.25, -0.2) is 0 Å². The molecule has 0 bridgehead atoms. The van der Waals surface area contributed by atoms with E-state index >= 15 is 0 Å². The maximum absolute atomic E-state index is 12.6. The number of nitrogens with one attached hydrogen (secondary N) is 1. The number of nitrogens with two attached hydrogens (primary N) is 1. The Morgan fingerprint density at radius 3 is 2.48 bits per heavy atom. The number of anilines is 2. The van der Waals surface area contributed by atoms with Gasteiger partial charge in [0.15, 0.2) is 0 Å². The van der Waals surface area contributed by atoms with Crippen LogP contribution in [0.2, 0.25) is 0 Å². The average molecular weight is 347 g/mol. The van der Waals surface area contributed by atoms with Crippen LogP contribution < -0.4 is 11.1 Å². The van der Waals surface area contributed by atoms with Gasteiger partial charge in [-0.1, -0.05) is 39.0 Å². The Balaban J connectivity index is 2.36. The molecule has 3 nitrogen and oxygen atoms in total. The third-order valence-electron chi connectivity index (χ3n) is 3.22. The molecule has 0 unspecified atom stereocenters. The van der Waals surface area contributed by atoms with Crippen molar-refractivity contribution in [3.8, 4) is 0 Å². The fourth-order valence-electron chi connectivity index (χ4n) is 2.16. The molecule has 4 heteroatoms. The fourth-order valence-corrected chi connectivity index (χ4v) is 2.51. The number of rotatable bonds is 2. The number of carbonyl (C=O) groups is 1. The summed E-state index contributed by atoms with van der Waals surface area (Å²) in [6.07, 6.45) is 0. The van der Waals surface area contributed by atoms with Crippen LogP contribution in [0, 0.1) is 0 Å². The molecule has 0 saturated carbocycles. The molecule has 1 amide bonds. The van der Waals surface area contributed by atoms with Crippen LogP contribution in [-0.4, -0.2) is 5.91 Å². The lowest BCUT2D eigenvalue weighted by Crippen LogP contribution is -2.21. The lowest BCUT2D eigenvalue weighted by molar-refractivity contribution is 0.102. The quantitative estimate of drug-likeness (QED) is 0.781. The van der Waals surface area contributed by atoms with Gasteiger partial charge < -0.3 is 11.1 Å². The number of amides is 1. The summed E-state index contributed by atoms with van der Waals surface area (Å²) in [5.41, 5.74) is 8.65. The van der Waals surface area contributed by atoms with Gasteiger partial charge in [0, 0.05) is 15.7 Å². The largest absolute Gasteiger partial charge is 0.399 e. The maximum atomic E-state index is 12.6. The predicted molar refractivity (Wildman–Crippen MR) is 91.6 cm³/mol. The van der Waals surface area contributed by atoms with Crippen LogP contribution in [-0.2, 0) is 5.41 Å². The molecule has 110 valence electrons. The Hall–Kier alpha value is -1.81. The van der Waals surface area contributed by atoms with Gasteiger partial charge in [0.1, 0.15) is 0 Å². The van der Waals surface area contributed by atoms with Gasteiger partial charge in [-0.05, 0) is 51.2 Å². The van der Waals surface area contributed by atoms with E-state index in [2.05, 4.69) is 42.0 Å². The first kappa shape index (κ1) is 15.6. The number of nitrogen functional groups attached to an aromatic ring is 1. The normalized spacial score (nSPS) is 11.2. The fraction of sp³-hybridized carbons (Fsp3) is 0.235. The lowest BCUT2D eigenvalue weighted by Gasteiger charge is -2.22. The molecule has 0 aliphatic carbocycles. The van der Waals surface area contributed by atoms with Gasteiger partial charge in [0.2, 0.25) is 0 Å². The average Bonchev–Trinajstić information content (AvgIpc) is 2.42. The zero-order valence-electron chi connectivity index (χ0n) is 12.4. The van der Waals surface area contributed by atoms with Crippen molar-refractivity contribution in [1.29, 1.82) is 0 Å². The van der Waals surface area contributed by atoms with Crippen molar-refractivity contribution in [1.82, 2.24) is 0 Å². The smallest absolute Gasteiger partial charge is 0.255 e. The molecular weight excluding hydrogens is 328 g/mol. The number of benzene rings is 2. The molecule has 0 spiro atoms. The van der Waals surface area contributed by atoms with Crippen molar-refractivity contribution in [2.45, 2.75) is 26.2 Å². The maximum Gasteiger partial charge on any atom is 0.255 e. The third-order valence-corrected chi connectivity index (χ3v) is 3.91. The first-order valence-corrected chi connectivity index (χ1v) is 7.54. The molecule has 0 fully saturated rings. The molecule has 21 heavy (non-hydrogen) atoms. The van der Waals surface area contributed by atoms with E-state index in [4.69, 9.17) is 5.73 Å². The summed E-state index contributed by atoms with van der Waals surface area (Å²) >= 11 is 3.42. The van der Waals surface area contributed by atoms with Crippen molar-refractivity contribution in [2.24, 2.45) is 0 Å². The van der Waals surface area contributed by atoms with Crippen LogP contribution in [0.4, 0.5) is 11.4 Å². The monoisotopic (exact) mass is 346 g/mol. The first-order chi connectivity index (χ1) is 9.79. The lowest BCUT2D eigenvalue weighted by atomic mass is 9.83. The van der Waals surface area contributed by atoms with Crippen LogP contribution in [0.15, 0.2) is 46.9 Å². The van der Waals surface area contributed by atoms with E-state index < -0.39 is 0 Å². The van der Waals surface area contributed by atoms with Gasteiger partial charge >= 0.3 is 0 Å². The number of halogens is 1. The van der Waals surface area contributed by atoms with E-state index in [-0.39, 0.29) is 11.3 Å². The Bertz CT molecular complexity index is 675. The second kappa shape index (κ2) is 5.90. The van der Waals surface area contributed by atoms with Gasteiger partial charge in [0.05, 0.1) is 5.69 Å². The van der Waals surface area contributed by atoms with Crippen LogP contribution in [0.5, 0.6) is 0 Å². The minimum atomic E-state index is -0.133. The summed E-state index contributed by atoms with van der Waals surface area (Å²) in [5, 5.41) is 2.91. The van der Waals surface area contributed by atoms with E-state index in [9.17, 15) is 4.79 Å². The highest BCUT2D eigenvalue weighted by atomic mass is 79.9. The summed E-state index contributed by atoms with van der Waals surface area (Å²) in [6.45, 7) is 6.28. The van der Waals surface area contributed by atoms with Gasteiger partial charge in [0.25, 0.3) is 5.91 Å². The van der Waals surface area contributed by atoms with Gasteiger partial charge in [-0.15, -0.1) is 0 Å². The SMILES string of the molecule is CC(C)(C)c1ccccc1C(=O)Nc1cc(N)ccc1Br. The Kier molecular flexibility index (Phi) is 4.37. The molecule has 2 aromatic rings. The molecule has 0 aromatic heterocycles. The zero-order valence-corrected chi connectivity index (χ0v) is 14.0. The predicted octanol–water partition coefficient (Wildman–Crippen LogP) is 4.58. The van der Waals surface area contributed by atoms with Crippen molar-refractivity contribution in [3.63, 3.8) is 0 Å². The van der Waals surface area contributed by atoms with Gasteiger partial charge in [-0.2, -0.15) is 0 Å². The Morgan fingerprint density at radius 2 is 1.81 bits per heavy atom. The highest BCUT2D eigenvalue weighted by Gasteiger charge is 2.21. The van der Waals surface area contributed by atoms with Crippen LogP contribution in [0.1, 0.15) is 36.7 Å². The van der Waals surface area contributed by atoms with Crippen LogP contribution in [0.3, 0.4) is 0 Å². The molecular formula is C17H19BrN2O. The molecule has 0 radical (unpaired) electrons. The van der Waals surface area contributed by atoms with E-state index in [1.165, 1.54) is 0 Å². The molecule has 3 N–H and O–H groups in total. The van der Waals surface area contributed by atoms with Crippen molar-refractivity contribution >= 4 is 33.2 Å². The minimum absolute atomic E-state index is 0.0963. The summed E-state index contributed by atoms with van der Waals surface area (Å²) in [4.78, 5) is 12.6. The molecule has 2 aromatic carbocycles. The number of hydrogen-bond acceptors (Lipinski definition) is 2. The number of hydrogen-bond donors (Lipinski definition) is 2. The molecule has 0 aliphatic heterocycles. The molecule has 2 rings (SSSR count). The summed E-state index contributed by atoms with van der Waals surface area (Å²) in [5.74, 6) is -0.133. The topological polar surface area (TPSA) is 55.1 Å². The first-order valence-electron chi connectivity index (χ1n) is 6.75. The second-order valence-corrected chi connectivity index (χ2v) is 6.84. The Morgan fingerprint density at radius 1 is 1.14 bits per heavy atom. The standard InChI is InChI=1S/C17H19BrN2O/c1-17(2,3)13-7-5-4-6-12(13)16(21)20-15-10-11(19)8-9-14(15)18/h4-10H,19H2,1-3H3,(H,20,21). The summed E-state index contributed by atoms with van der Waals surface area (Å²) in [6, 6.07) is 13.0. The van der Waals surface area contributed by atoms with Crippen molar-refractivity contribution in [2.75, 3.05) is 11.1 Å². The number of carbonyl (C=O) groups excluding carboxylic acids is 1. The molecule has 0 heterocycles. The van der Waals surface area contributed by atoms with Crippen molar-refractivity contribution in [3.05, 3.63) is 58.1 Å². The summed E-state index contributed by atoms with van der Waals surface area (Å²) in [7, 11) is 0. The zero-order chi connectivity index (χ0) is 15.6. The van der Waals surface area contributed by atoms with Crippen molar-refractivity contribution < 1.29 is 4.79 Å². The second-order valence-electron chi connectivity index (χ2n) is 5.99. The third kappa shape index (κ3) is 3.64. The van der Waals surface area contributed by atoms with E-state index in [0.29, 0.717) is 16.9 Å². The molecule has 0 saturated heterocycles.